The quantitative estimate of drug-likeness (QED) is 0.551. The Morgan fingerprint density at radius 1 is 1.11 bits per heavy atom. The number of benzene rings is 2. The van der Waals surface area contributed by atoms with E-state index in [0.717, 1.165) is 66.5 Å². The van der Waals surface area contributed by atoms with E-state index < -0.39 is 0 Å². The maximum atomic E-state index is 13.2. The van der Waals surface area contributed by atoms with Crippen LogP contribution in [-0.4, -0.2) is 48.7 Å². The Morgan fingerprint density at radius 2 is 1.86 bits per heavy atom. The molecule has 1 unspecified atom stereocenters. The fraction of sp³-hybridized carbons (Fsp3) is 0.379. The van der Waals surface area contributed by atoms with Crippen molar-refractivity contribution in [3.63, 3.8) is 0 Å². The number of aromatic nitrogens is 1. The molecule has 188 valence electrons. The summed E-state index contributed by atoms with van der Waals surface area (Å²) in [5, 5.41) is 2.94. The summed E-state index contributed by atoms with van der Waals surface area (Å²) >= 11 is 0. The molecule has 0 saturated carbocycles. The van der Waals surface area contributed by atoms with Gasteiger partial charge in [0.2, 0.25) is 0 Å². The third kappa shape index (κ3) is 5.08. The van der Waals surface area contributed by atoms with Gasteiger partial charge >= 0.3 is 0 Å². The normalized spacial score (nSPS) is 17.5. The molecule has 0 aliphatic carbocycles. The van der Waals surface area contributed by atoms with Gasteiger partial charge in [-0.1, -0.05) is 31.2 Å². The van der Waals surface area contributed by atoms with Gasteiger partial charge < -0.3 is 19.8 Å². The van der Waals surface area contributed by atoms with Crippen LogP contribution >= 0.6 is 0 Å². The van der Waals surface area contributed by atoms with Gasteiger partial charge in [-0.15, -0.1) is 0 Å². The van der Waals surface area contributed by atoms with Gasteiger partial charge in [0.25, 0.3) is 11.5 Å². The predicted octanol–water partition coefficient (Wildman–Crippen LogP) is 3.92. The zero-order chi connectivity index (χ0) is 25.2. The molecule has 1 atom stereocenters. The molecule has 3 aromatic rings. The lowest BCUT2D eigenvalue weighted by Crippen LogP contribution is -2.35. The van der Waals surface area contributed by atoms with Gasteiger partial charge in [-0.25, -0.2) is 0 Å². The van der Waals surface area contributed by atoms with E-state index in [0.29, 0.717) is 17.7 Å². The van der Waals surface area contributed by atoms with Gasteiger partial charge in [-0.2, -0.15) is 0 Å². The van der Waals surface area contributed by atoms with Crippen molar-refractivity contribution in [1.82, 2.24) is 15.2 Å². The molecular formula is C29H33N3O4. The number of ether oxygens (including phenoxy) is 2. The summed E-state index contributed by atoms with van der Waals surface area (Å²) in [5.74, 6) is 0.849. The van der Waals surface area contributed by atoms with Crippen LogP contribution in [0.15, 0.2) is 47.3 Å². The van der Waals surface area contributed by atoms with Crippen LogP contribution in [0.5, 0.6) is 5.75 Å². The number of H-pyrrole nitrogens is 1. The highest BCUT2D eigenvalue weighted by Crippen LogP contribution is 2.42. The number of fused-ring (bicyclic) bond motifs is 1. The molecule has 0 spiro atoms. The number of nitrogens with zero attached hydrogens (tertiary/aromatic N) is 1. The van der Waals surface area contributed by atoms with Gasteiger partial charge in [0, 0.05) is 60.0 Å². The molecule has 7 heteroatoms. The summed E-state index contributed by atoms with van der Waals surface area (Å²) in [6.45, 7) is 11.0. The van der Waals surface area contributed by atoms with Crippen LogP contribution in [0.2, 0.25) is 0 Å². The maximum absolute atomic E-state index is 13.2. The van der Waals surface area contributed by atoms with Gasteiger partial charge in [-0.05, 0) is 48.7 Å². The van der Waals surface area contributed by atoms with E-state index in [-0.39, 0.29) is 23.9 Å². The number of amides is 1. The molecule has 1 aromatic heterocycles. The van der Waals surface area contributed by atoms with Crippen LogP contribution in [-0.2, 0) is 17.8 Å². The number of hydrogen-bond donors (Lipinski definition) is 2. The molecule has 2 aliphatic heterocycles. The number of carbonyl (C=O) groups is 1. The van der Waals surface area contributed by atoms with Crippen LogP contribution in [0.4, 0.5) is 0 Å². The molecule has 1 fully saturated rings. The third-order valence-corrected chi connectivity index (χ3v) is 7.08. The van der Waals surface area contributed by atoms with E-state index in [4.69, 9.17) is 9.47 Å². The topological polar surface area (TPSA) is 83.7 Å². The van der Waals surface area contributed by atoms with Crippen molar-refractivity contribution in [3.8, 4) is 16.9 Å². The molecule has 3 heterocycles. The first-order valence-electron chi connectivity index (χ1n) is 12.6. The first-order valence-corrected chi connectivity index (χ1v) is 12.6. The number of hydrogen-bond acceptors (Lipinski definition) is 5. The standard InChI is InChI=1S/C29H33N3O4/c1-18-12-20(3)31-29(34)26(18)15-30-28(33)23-13-24-19(2)17-36-27(24)25(14-23)22-6-4-21(5-7-22)16-32-8-10-35-11-9-32/h4-7,12-14,19H,8-11,15-17H2,1-3H3,(H,30,33)(H,31,34). The van der Waals surface area contributed by atoms with Crippen molar-refractivity contribution in [2.45, 2.75) is 39.8 Å². The van der Waals surface area contributed by atoms with Crippen molar-refractivity contribution in [3.05, 3.63) is 86.3 Å². The molecule has 1 saturated heterocycles. The van der Waals surface area contributed by atoms with Gasteiger partial charge in [0.15, 0.2) is 0 Å². The number of nitrogens with one attached hydrogen (secondary N) is 2. The number of pyridine rings is 1. The van der Waals surface area contributed by atoms with Gasteiger partial charge in [0.05, 0.1) is 19.8 Å². The van der Waals surface area contributed by atoms with E-state index in [1.54, 1.807) is 0 Å². The highest BCUT2D eigenvalue weighted by atomic mass is 16.5. The fourth-order valence-electron chi connectivity index (χ4n) is 5.00. The largest absolute Gasteiger partial charge is 0.492 e. The van der Waals surface area contributed by atoms with E-state index in [2.05, 4.69) is 46.4 Å². The molecule has 2 N–H and O–H groups in total. The second-order valence-corrected chi connectivity index (χ2v) is 9.87. The molecule has 2 aromatic carbocycles. The molecule has 0 bridgehead atoms. The van der Waals surface area contributed by atoms with E-state index in [1.165, 1.54) is 5.56 Å². The van der Waals surface area contributed by atoms with Crippen LogP contribution in [0.1, 0.15) is 51.1 Å². The lowest BCUT2D eigenvalue weighted by molar-refractivity contribution is 0.0342. The van der Waals surface area contributed by atoms with Crippen molar-refractivity contribution >= 4 is 5.91 Å². The van der Waals surface area contributed by atoms with Crippen molar-refractivity contribution in [2.75, 3.05) is 32.9 Å². The first-order chi connectivity index (χ1) is 17.4. The number of rotatable bonds is 6. The second-order valence-electron chi connectivity index (χ2n) is 9.87. The number of morpholine rings is 1. The number of carbonyl (C=O) groups excluding carboxylic acids is 1. The number of aryl methyl sites for hydroxylation is 2. The molecule has 36 heavy (non-hydrogen) atoms. The minimum absolute atomic E-state index is 0.165. The average Bonchev–Trinajstić information content (AvgIpc) is 3.24. The second kappa shape index (κ2) is 10.3. The summed E-state index contributed by atoms with van der Waals surface area (Å²) < 4.78 is 11.5. The fourth-order valence-corrected chi connectivity index (χ4v) is 5.00. The zero-order valence-electron chi connectivity index (χ0n) is 21.1. The van der Waals surface area contributed by atoms with Gasteiger partial charge in [0.1, 0.15) is 5.75 Å². The van der Waals surface area contributed by atoms with Crippen molar-refractivity contribution in [2.24, 2.45) is 0 Å². The first kappa shape index (κ1) is 24.3. The Labute approximate surface area is 211 Å². The van der Waals surface area contributed by atoms with Crippen LogP contribution in [0, 0.1) is 13.8 Å². The number of aromatic amines is 1. The Kier molecular flexibility index (Phi) is 6.94. The Bertz CT molecular complexity index is 1320. The lowest BCUT2D eigenvalue weighted by Gasteiger charge is -2.26. The van der Waals surface area contributed by atoms with Gasteiger partial charge in [-0.3, -0.25) is 14.5 Å². The maximum Gasteiger partial charge on any atom is 0.253 e. The van der Waals surface area contributed by atoms with Crippen LogP contribution in [0.3, 0.4) is 0 Å². The Balaban J connectivity index is 1.39. The lowest BCUT2D eigenvalue weighted by atomic mass is 9.93. The SMILES string of the molecule is Cc1cc(C)c(CNC(=O)c2cc(-c3ccc(CN4CCOCC4)cc3)c3c(c2)C(C)CO3)c(=O)[nH]1. The van der Waals surface area contributed by atoms with Crippen LogP contribution in [0.25, 0.3) is 11.1 Å². The highest BCUT2D eigenvalue weighted by molar-refractivity contribution is 5.97. The minimum Gasteiger partial charge on any atom is -0.492 e. The molecule has 2 aliphatic rings. The summed E-state index contributed by atoms with van der Waals surface area (Å²) in [7, 11) is 0. The predicted molar refractivity (Wildman–Crippen MR) is 140 cm³/mol. The smallest absolute Gasteiger partial charge is 0.253 e. The minimum atomic E-state index is -0.207. The third-order valence-electron chi connectivity index (χ3n) is 7.08. The molecule has 1 amide bonds. The highest BCUT2D eigenvalue weighted by Gasteiger charge is 2.26. The van der Waals surface area contributed by atoms with Crippen molar-refractivity contribution in [1.29, 1.82) is 0 Å². The Hall–Kier alpha value is -3.42. The van der Waals surface area contributed by atoms with Crippen molar-refractivity contribution < 1.29 is 14.3 Å². The average molecular weight is 488 g/mol. The summed E-state index contributed by atoms with van der Waals surface area (Å²) in [6.07, 6.45) is 0. The molecular weight excluding hydrogens is 454 g/mol. The van der Waals surface area contributed by atoms with E-state index >= 15 is 0 Å². The molecule has 7 nitrogen and oxygen atoms in total. The molecule has 5 rings (SSSR count). The summed E-state index contributed by atoms with van der Waals surface area (Å²) in [6, 6.07) is 14.2. The van der Waals surface area contributed by atoms with E-state index in [1.807, 2.05) is 32.0 Å². The van der Waals surface area contributed by atoms with Crippen LogP contribution < -0.4 is 15.6 Å². The van der Waals surface area contributed by atoms with E-state index in [9.17, 15) is 9.59 Å². The summed E-state index contributed by atoms with van der Waals surface area (Å²) in [4.78, 5) is 30.8. The monoisotopic (exact) mass is 487 g/mol. The molecule has 0 radical (unpaired) electrons. The Morgan fingerprint density at radius 3 is 2.58 bits per heavy atom. The summed E-state index contributed by atoms with van der Waals surface area (Å²) in [5.41, 5.74) is 6.88. The zero-order valence-corrected chi connectivity index (χ0v) is 21.1.